The lowest BCUT2D eigenvalue weighted by molar-refractivity contribution is -0.178. The normalized spacial score (nSPS) is 10.9. The Morgan fingerprint density at radius 3 is 1.11 bits per heavy atom. The molecule has 0 aromatic carbocycles. The smallest absolute Gasteiger partial charge is 0.333 e. The van der Waals surface area contributed by atoms with Crippen molar-refractivity contribution in [2.45, 2.75) is 111 Å². The summed E-state index contributed by atoms with van der Waals surface area (Å²) in [6.07, 6.45) is 4.00. The molecule has 0 amide bonds. The predicted octanol–water partition coefficient (Wildman–Crippen LogP) is 5.36. The average Bonchev–Trinajstić information content (AvgIpc) is 3.09. The molecule has 0 rings (SSSR count). The zero-order valence-electron chi connectivity index (χ0n) is 32.9. The topological polar surface area (TPSA) is 234 Å². The minimum atomic E-state index is -0.819. The summed E-state index contributed by atoms with van der Waals surface area (Å²) in [6.45, 7) is 22.3. The number of carboxylic acid groups (broad SMARTS) is 2. The first kappa shape index (κ1) is 54.3. The van der Waals surface area contributed by atoms with Crippen LogP contribution >= 0.6 is 0 Å². The van der Waals surface area contributed by atoms with Crippen molar-refractivity contribution in [1.82, 2.24) is 0 Å². The van der Waals surface area contributed by atoms with E-state index >= 15 is 0 Å². The highest BCUT2D eigenvalue weighted by Crippen LogP contribution is 2.08. The molecule has 0 bridgehead atoms. The molecule has 0 spiro atoms. The summed E-state index contributed by atoms with van der Waals surface area (Å²) in [5.74, 6) is -3.87. The lowest BCUT2D eigenvalue weighted by Gasteiger charge is -2.14. The molecule has 55 heavy (non-hydrogen) atoms. The third-order valence-corrected chi connectivity index (χ3v) is 6.07. The zero-order valence-corrected chi connectivity index (χ0v) is 32.9. The van der Waals surface area contributed by atoms with E-state index in [0.717, 1.165) is 0 Å². The van der Waals surface area contributed by atoms with Crippen molar-refractivity contribution in [2.24, 2.45) is 0 Å². The highest BCUT2D eigenvalue weighted by atomic mass is 16.7. The lowest BCUT2D eigenvalue weighted by Crippen LogP contribution is -2.21. The summed E-state index contributed by atoms with van der Waals surface area (Å²) in [5.41, 5.74) is 0.984. The van der Waals surface area contributed by atoms with E-state index in [1.54, 1.807) is 34.6 Å². The van der Waals surface area contributed by atoms with Crippen molar-refractivity contribution in [3.63, 3.8) is 0 Å². The Morgan fingerprint density at radius 2 is 0.818 bits per heavy atom. The summed E-state index contributed by atoms with van der Waals surface area (Å²) in [5, 5.41) is 16.4. The molecule has 0 saturated carbocycles. The van der Waals surface area contributed by atoms with Crippen molar-refractivity contribution in [3.8, 4) is 0 Å². The van der Waals surface area contributed by atoms with Crippen LogP contribution in [0.25, 0.3) is 0 Å². The highest BCUT2D eigenvalue weighted by Gasteiger charge is 2.13. The molecule has 0 saturated heterocycles. The molecule has 0 aromatic rings. The Balaban J connectivity index is -0.000000993. The second-order valence-corrected chi connectivity index (χ2v) is 11.6. The molecule has 2 N–H and O–H groups in total. The third kappa shape index (κ3) is 41.6. The van der Waals surface area contributed by atoms with Crippen molar-refractivity contribution in [3.05, 3.63) is 49.3 Å². The number of unbranched alkanes of at least 4 members (excludes halogenated alkanes) is 4. The van der Waals surface area contributed by atoms with Gasteiger partial charge in [-0.2, -0.15) is 0 Å². The van der Waals surface area contributed by atoms with Crippen molar-refractivity contribution in [2.75, 3.05) is 39.6 Å². The molecule has 0 radical (unpaired) electrons. The molecule has 314 valence electrons. The van der Waals surface area contributed by atoms with Gasteiger partial charge in [0.15, 0.2) is 12.6 Å². The van der Waals surface area contributed by atoms with Crippen LogP contribution in [-0.2, 0) is 71.5 Å². The van der Waals surface area contributed by atoms with Crippen LogP contribution in [0.15, 0.2) is 49.3 Å². The van der Waals surface area contributed by atoms with Crippen LogP contribution in [0.2, 0.25) is 0 Å². The standard InChI is InChI=1S/C23H36O10.C8H12O3.C7H12O4/c1-16(2)22(26)30-14-12-28-18(5)32-20(24)10-8-7-9-11-21(25)33-19(6)29-13-15-31-23(27)17(3)4;1-4-10-5-6-11-8(9)7(2)3;8-6(9)4-2-1-3-5-7(10)11/h18-19H,1,3,7-15H2,2,4-6H3;4H,1-2,5-6H2,3H3;1-5H2,(H,8,9)(H,10,11). The van der Waals surface area contributed by atoms with Crippen LogP contribution in [0.1, 0.15) is 98.8 Å². The van der Waals surface area contributed by atoms with E-state index in [1.807, 2.05) is 0 Å². The summed E-state index contributed by atoms with van der Waals surface area (Å²) in [7, 11) is 0. The van der Waals surface area contributed by atoms with E-state index in [1.165, 1.54) is 6.26 Å². The average molecular weight is 789 g/mol. The maximum atomic E-state index is 11.8. The Morgan fingerprint density at radius 1 is 0.509 bits per heavy atom. The van der Waals surface area contributed by atoms with Crippen LogP contribution in [0.3, 0.4) is 0 Å². The molecule has 0 heterocycles. The number of carbonyl (C=O) groups is 7. The number of carbonyl (C=O) groups excluding carboxylic acids is 5. The van der Waals surface area contributed by atoms with E-state index in [0.29, 0.717) is 61.9 Å². The highest BCUT2D eigenvalue weighted by molar-refractivity contribution is 5.87. The number of esters is 5. The van der Waals surface area contributed by atoms with E-state index in [-0.39, 0.29) is 58.7 Å². The van der Waals surface area contributed by atoms with E-state index in [2.05, 4.69) is 26.3 Å². The number of rotatable bonds is 29. The molecule has 0 aliphatic heterocycles. The molecular weight excluding hydrogens is 728 g/mol. The van der Waals surface area contributed by atoms with Crippen LogP contribution in [0, 0.1) is 0 Å². The van der Waals surface area contributed by atoms with E-state index < -0.39 is 54.4 Å². The first-order valence-electron chi connectivity index (χ1n) is 17.6. The maximum absolute atomic E-state index is 11.8. The Hall–Kier alpha value is -5.03. The second kappa shape index (κ2) is 36.0. The quantitative estimate of drug-likeness (QED) is 0.0242. The van der Waals surface area contributed by atoms with Gasteiger partial charge in [-0.3, -0.25) is 19.2 Å². The van der Waals surface area contributed by atoms with E-state index in [9.17, 15) is 33.6 Å². The monoisotopic (exact) mass is 788 g/mol. The van der Waals surface area contributed by atoms with Crippen LogP contribution in [0.4, 0.5) is 0 Å². The summed E-state index contributed by atoms with van der Waals surface area (Å²) < 4.78 is 39.8. The van der Waals surface area contributed by atoms with Crippen molar-refractivity contribution < 1.29 is 81.7 Å². The van der Waals surface area contributed by atoms with Crippen LogP contribution in [-0.4, -0.2) is 104 Å². The van der Waals surface area contributed by atoms with Gasteiger partial charge in [-0.05, 0) is 60.3 Å². The largest absolute Gasteiger partial charge is 0.498 e. The van der Waals surface area contributed by atoms with Gasteiger partial charge in [0, 0.05) is 42.4 Å². The number of carboxylic acids is 2. The minimum Gasteiger partial charge on any atom is -0.498 e. The lowest BCUT2D eigenvalue weighted by atomic mass is 10.1. The first-order chi connectivity index (χ1) is 25.8. The first-order valence-corrected chi connectivity index (χ1v) is 17.6. The van der Waals surface area contributed by atoms with E-state index in [4.69, 9.17) is 48.1 Å². The van der Waals surface area contributed by atoms with Gasteiger partial charge in [0.25, 0.3) is 0 Å². The summed E-state index contributed by atoms with van der Waals surface area (Å²) in [6, 6.07) is 0. The second-order valence-electron chi connectivity index (χ2n) is 11.6. The van der Waals surface area contributed by atoms with Crippen LogP contribution < -0.4 is 0 Å². The Kier molecular flexibility index (Phi) is 35.5. The number of aliphatic carboxylic acids is 2. The van der Waals surface area contributed by atoms with Gasteiger partial charge in [0.1, 0.15) is 26.4 Å². The van der Waals surface area contributed by atoms with Gasteiger partial charge < -0.3 is 48.1 Å². The van der Waals surface area contributed by atoms with Crippen LogP contribution in [0.5, 0.6) is 0 Å². The number of hydrogen-bond donors (Lipinski definition) is 2. The fraction of sp³-hybridized carbons (Fsp3) is 0.605. The fourth-order valence-electron chi connectivity index (χ4n) is 3.33. The van der Waals surface area contributed by atoms with Gasteiger partial charge in [-0.1, -0.05) is 39.2 Å². The van der Waals surface area contributed by atoms with Gasteiger partial charge in [0.05, 0.1) is 19.5 Å². The predicted molar refractivity (Wildman–Crippen MR) is 198 cm³/mol. The number of ether oxygens (including phenoxy) is 8. The number of hydrogen-bond acceptors (Lipinski definition) is 15. The Bertz CT molecular complexity index is 1150. The van der Waals surface area contributed by atoms with Gasteiger partial charge >= 0.3 is 41.8 Å². The fourth-order valence-corrected chi connectivity index (χ4v) is 3.33. The third-order valence-electron chi connectivity index (χ3n) is 6.07. The van der Waals surface area contributed by atoms with Crippen molar-refractivity contribution >= 4 is 41.8 Å². The van der Waals surface area contributed by atoms with Crippen molar-refractivity contribution in [1.29, 1.82) is 0 Å². The molecule has 0 fully saturated rings. The summed E-state index contributed by atoms with van der Waals surface area (Å²) in [4.78, 5) is 76.7. The van der Waals surface area contributed by atoms with Gasteiger partial charge in [-0.15, -0.1) is 0 Å². The molecule has 17 heteroatoms. The summed E-state index contributed by atoms with van der Waals surface area (Å²) >= 11 is 0. The molecule has 2 atom stereocenters. The zero-order chi connectivity index (χ0) is 42.6. The molecule has 17 nitrogen and oxygen atoms in total. The molecular formula is C38H60O17. The minimum absolute atomic E-state index is 0.0375. The Labute approximate surface area is 323 Å². The SMILES string of the molecule is C=C(C)C(=O)OCCOC(C)OC(=O)CCCCCC(=O)OC(C)OCCOC(=O)C(=C)C.C=COCCOC(=O)C(=C)C.O=C(O)CCCCCC(=O)O. The molecule has 0 aliphatic carbocycles. The molecule has 2 unspecified atom stereocenters. The molecule has 0 aromatic heterocycles. The van der Waals surface area contributed by atoms with Gasteiger partial charge in [-0.25, -0.2) is 14.4 Å². The van der Waals surface area contributed by atoms with Gasteiger partial charge in [0.2, 0.25) is 0 Å². The maximum Gasteiger partial charge on any atom is 0.333 e. The molecule has 0 aliphatic rings.